The average Bonchev–Trinajstić information content (AvgIpc) is 3.21. The van der Waals surface area contributed by atoms with Crippen LogP contribution in [0.25, 0.3) is 11.0 Å². The van der Waals surface area contributed by atoms with Gasteiger partial charge in [-0.1, -0.05) is 29.6 Å². The summed E-state index contributed by atoms with van der Waals surface area (Å²) in [7, 11) is 1.66. The molecule has 2 aromatic rings. The van der Waals surface area contributed by atoms with Crippen molar-refractivity contribution in [1.82, 2.24) is 10.1 Å². The molecule has 4 rings (SSSR count). The first-order valence-corrected chi connectivity index (χ1v) is 12.4. The summed E-state index contributed by atoms with van der Waals surface area (Å²) in [4.78, 5) is 14.5. The Morgan fingerprint density at radius 1 is 1.25 bits per heavy atom. The van der Waals surface area contributed by atoms with Gasteiger partial charge in [-0.15, -0.1) is 0 Å². The van der Waals surface area contributed by atoms with Crippen molar-refractivity contribution in [3.8, 4) is 0 Å². The predicted molar refractivity (Wildman–Crippen MR) is 127 cm³/mol. The van der Waals surface area contributed by atoms with Crippen LogP contribution in [0.1, 0.15) is 63.5 Å². The van der Waals surface area contributed by atoms with Gasteiger partial charge in [0.2, 0.25) is 5.91 Å². The molecule has 6 nitrogen and oxygen atoms in total. The molecule has 0 radical (unpaired) electrons. The molecule has 2 N–H and O–H groups in total. The maximum Gasteiger partial charge on any atom is 0.223 e. The number of ether oxygens (including phenoxy) is 1. The molecule has 1 saturated carbocycles. The number of carbonyl (C=O) groups excluding carboxylic acids is 1. The van der Waals surface area contributed by atoms with Crippen molar-refractivity contribution in [1.29, 1.82) is 0 Å². The zero-order chi connectivity index (χ0) is 22.7. The van der Waals surface area contributed by atoms with Crippen molar-refractivity contribution in [2.45, 2.75) is 63.9 Å². The van der Waals surface area contributed by atoms with Gasteiger partial charge in [0.1, 0.15) is 0 Å². The second-order valence-corrected chi connectivity index (χ2v) is 10.2. The zero-order valence-corrected chi connectivity index (χ0v) is 20.0. The topological polar surface area (TPSA) is 81.6 Å². The molecule has 1 aliphatic carbocycles. The van der Waals surface area contributed by atoms with Crippen LogP contribution in [-0.2, 0) is 9.53 Å². The quantitative estimate of drug-likeness (QED) is 0.598. The molecule has 2 aliphatic rings. The summed E-state index contributed by atoms with van der Waals surface area (Å²) in [6.45, 7) is 5.33. The third-order valence-electron chi connectivity index (χ3n) is 7.90. The fraction of sp³-hybridized carbons (Fsp3) is 0.680. The number of hydrogen-bond donors (Lipinski definition) is 1. The van der Waals surface area contributed by atoms with Gasteiger partial charge in [0, 0.05) is 29.5 Å². The average molecular weight is 462 g/mol. The Bertz CT molecular complexity index is 901. The van der Waals surface area contributed by atoms with E-state index in [0.29, 0.717) is 16.9 Å². The van der Waals surface area contributed by atoms with Gasteiger partial charge in [-0.25, -0.2) is 0 Å². The first-order valence-electron chi connectivity index (χ1n) is 12.1. The molecule has 176 valence electrons. The molecule has 2 unspecified atom stereocenters. The van der Waals surface area contributed by atoms with E-state index in [1.54, 1.807) is 7.11 Å². The van der Waals surface area contributed by atoms with Crippen molar-refractivity contribution >= 4 is 28.5 Å². The maximum absolute atomic E-state index is 11.9. The second kappa shape index (κ2) is 10.5. The van der Waals surface area contributed by atoms with Crippen LogP contribution >= 0.6 is 11.6 Å². The van der Waals surface area contributed by atoms with Crippen LogP contribution in [-0.4, -0.2) is 48.8 Å². The Morgan fingerprint density at radius 2 is 1.97 bits per heavy atom. The Balaban J connectivity index is 1.21. The third kappa shape index (κ3) is 5.29. The van der Waals surface area contributed by atoms with Crippen LogP contribution in [0.4, 0.5) is 0 Å². The van der Waals surface area contributed by atoms with E-state index in [4.69, 9.17) is 26.6 Å². The summed E-state index contributed by atoms with van der Waals surface area (Å²) in [6, 6.07) is 5.79. The highest BCUT2D eigenvalue weighted by Crippen LogP contribution is 2.38. The largest absolute Gasteiger partial charge is 0.381 e. The van der Waals surface area contributed by atoms with Gasteiger partial charge in [0.05, 0.1) is 17.7 Å². The van der Waals surface area contributed by atoms with Crippen LogP contribution < -0.4 is 5.73 Å². The van der Waals surface area contributed by atoms with Crippen molar-refractivity contribution in [3.05, 3.63) is 28.9 Å². The number of piperidine rings is 1. The number of rotatable bonds is 8. The molecule has 7 heteroatoms. The summed E-state index contributed by atoms with van der Waals surface area (Å²) < 4.78 is 10.9. The molecule has 1 saturated heterocycles. The summed E-state index contributed by atoms with van der Waals surface area (Å²) in [5.74, 6) is 1.19. The van der Waals surface area contributed by atoms with Gasteiger partial charge >= 0.3 is 0 Å². The Morgan fingerprint density at radius 3 is 2.62 bits per heavy atom. The van der Waals surface area contributed by atoms with E-state index in [1.165, 1.54) is 19.3 Å². The van der Waals surface area contributed by atoms with Crippen LogP contribution in [0.3, 0.4) is 0 Å². The van der Waals surface area contributed by atoms with Gasteiger partial charge < -0.3 is 19.9 Å². The minimum absolute atomic E-state index is 0.103. The molecule has 2 heterocycles. The normalized spacial score (nSPS) is 25.1. The standard InChI is InChI=1S/C25H36ClN3O3/c1-16(31-2)23(25(27)30)18-5-3-17(4-6-18)9-12-29-13-10-19(11-14-29)24-21-8-7-20(26)15-22(21)32-28-24/h7-8,15-19,23H,3-6,9-14H2,1-2H3,(H2,27,30). The predicted octanol–water partition coefficient (Wildman–Crippen LogP) is 4.99. The van der Waals surface area contributed by atoms with Crippen LogP contribution in [0.5, 0.6) is 0 Å². The second-order valence-electron chi connectivity index (χ2n) is 9.76. The van der Waals surface area contributed by atoms with Crippen LogP contribution in [0.15, 0.2) is 22.7 Å². The first-order chi connectivity index (χ1) is 15.5. The minimum atomic E-state index is -0.214. The Kier molecular flexibility index (Phi) is 7.74. The monoisotopic (exact) mass is 461 g/mol. The number of likely N-dealkylation sites (tertiary alicyclic amines) is 1. The summed E-state index contributed by atoms with van der Waals surface area (Å²) in [5.41, 5.74) is 7.55. The highest BCUT2D eigenvalue weighted by Gasteiger charge is 2.35. The smallest absolute Gasteiger partial charge is 0.223 e. The Hall–Kier alpha value is -1.63. The Labute approximate surface area is 195 Å². The first kappa shape index (κ1) is 23.5. The lowest BCUT2D eigenvalue weighted by Gasteiger charge is -2.36. The number of carbonyl (C=O) groups is 1. The SMILES string of the molecule is COC(C)C(C(N)=O)C1CCC(CCN2CCC(c3noc4cc(Cl)ccc34)CC2)CC1. The summed E-state index contributed by atoms with van der Waals surface area (Å²) in [6.07, 6.45) is 7.91. The van der Waals surface area contributed by atoms with Gasteiger partial charge in [0.15, 0.2) is 5.58 Å². The molecule has 32 heavy (non-hydrogen) atoms. The van der Waals surface area contributed by atoms with E-state index < -0.39 is 0 Å². The number of methoxy groups -OCH3 is 1. The van der Waals surface area contributed by atoms with E-state index in [-0.39, 0.29) is 17.9 Å². The molecule has 0 spiro atoms. The molecule has 1 amide bonds. The van der Waals surface area contributed by atoms with Crippen LogP contribution in [0, 0.1) is 17.8 Å². The van der Waals surface area contributed by atoms with Gasteiger partial charge in [0.25, 0.3) is 0 Å². The summed E-state index contributed by atoms with van der Waals surface area (Å²) >= 11 is 6.07. The molecule has 1 aliphatic heterocycles. The number of nitrogens with two attached hydrogens (primary N) is 1. The van der Waals surface area contributed by atoms with Crippen LogP contribution in [0.2, 0.25) is 5.02 Å². The van der Waals surface area contributed by atoms with Crippen molar-refractivity contribution in [2.24, 2.45) is 23.5 Å². The maximum atomic E-state index is 11.9. The van der Waals surface area contributed by atoms with Crippen molar-refractivity contribution in [2.75, 3.05) is 26.7 Å². The lowest BCUT2D eigenvalue weighted by Crippen LogP contribution is -2.40. The minimum Gasteiger partial charge on any atom is -0.381 e. The highest BCUT2D eigenvalue weighted by molar-refractivity contribution is 6.31. The molecule has 1 aromatic carbocycles. The fourth-order valence-electron chi connectivity index (χ4n) is 5.85. The number of benzene rings is 1. The number of fused-ring (bicyclic) bond motifs is 1. The van der Waals surface area contributed by atoms with E-state index in [1.807, 2.05) is 25.1 Å². The molecule has 1 aromatic heterocycles. The number of amides is 1. The number of aromatic nitrogens is 1. The highest BCUT2D eigenvalue weighted by atomic mass is 35.5. The van der Waals surface area contributed by atoms with Crippen molar-refractivity contribution in [3.63, 3.8) is 0 Å². The van der Waals surface area contributed by atoms with E-state index in [9.17, 15) is 4.79 Å². The van der Waals surface area contributed by atoms with Gasteiger partial charge in [-0.2, -0.15) is 0 Å². The lowest BCUT2D eigenvalue weighted by molar-refractivity contribution is -0.129. The number of primary amides is 1. The molecular weight excluding hydrogens is 426 g/mol. The number of hydrogen-bond acceptors (Lipinski definition) is 5. The molecule has 0 bridgehead atoms. The van der Waals surface area contributed by atoms with E-state index in [0.717, 1.165) is 67.9 Å². The van der Waals surface area contributed by atoms with Gasteiger partial charge in [-0.3, -0.25) is 4.79 Å². The van der Waals surface area contributed by atoms with Gasteiger partial charge in [-0.05, 0) is 82.6 Å². The molecule has 2 fully saturated rings. The van der Waals surface area contributed by atoms with E-state index >= 15 is 0 Å². The van der Waals surface area contributed by atoms with Crippen molar-refractivity contribution < 1.29 is 14.1 Å². The number of nitrogens with zero attached hydrogens (tertiary/aromatic N) is 2. The zero-order valence-electron chi connectivity index (χ0n) is 19.3. The third-order valence-corrected chi connectivity index (χ3v) is 8.13. The number of halogens is 1. The lowest BCUT2D eigenvalue weighted by atomic mass is 9.73. The fourth-order valence-corrected chi connectivity index (χ4v) is 6.01. The molecule has 2 atom stereocenters. The molecular formula is C25H36ClN3O3. The summed E-state index contributed by atoms with van der Waals surface area (Å²) in [5, 5.41) is 6.14. The van der Waals surface area contributed by atoms with E-state index in [2.05, 4.69) is 10.1 Å².